The summed E-state index contributed by atoms with van der Waals surface area (Å²) in [7, 11) is -6.63. The summed E-state index contributed by atoms with van der Waals surface area (Å²) in [6.45, 7) is 0. The van der Waals surface area contributed by atoms with Gasteiger partial charge in [0.1, 0.15) is 11.2 Å². The molecule has 0 fully saturated rings. The van der Waals surface area contributed by atoms with Crippen molar-refractivity contribution in [1.82, 2.24) is 0 Å². The summed E-state index contributed by atoms with van der Waals surface area (Å²) >= 11 is 0. The van der Waals surface area contributed by atoms with Crippen LogP contribution in [0.3, 0.4) is 0 Å². The summed E-state index contributed by atoms with van der Waals surface area (Å²) in [6.07, 6.45) is 2.26. The minimum absolute atomic E-state index is 0.164. The molecule has 0 radical (unpaired) electrons. The van der Waals surface area contributed by atoms with Crippen molar-refractivity contribution in [3.63, 3.8) is 0 Å². The molecule has 5 nitrogen and oxygen atoms in total. The maximum Gasteiger partial charge on any atom is 0.175 e. The van der Waals surface area contributed by atoms with Crippen LogP contribution in [0.15, 0.2) is 50.6 Å². The van der Waals surface area contributed by atoms with E-state index < -0.39 is 19.7 Å². The van der Waals surface area contributed by atoms with Crippen molar-refractivity contribution in [3.8, 4) is 0 Å². The first-order valence-electron chi connectivity index (χ1n) is 6.03. The first-order valence-corrected chi connectivity index (χ1v) is 9.81. The van der Waals surface area contributed by atoms with Crippen LogP contribution in [0, 0.1) is 0 Å². The molecule has 0 spiro atoms. The summed E-state index contributed by atoms with van der Waals surface area (Å²) in [5.74, 6) is 0. The molecule has 21 heavy (non-hydrogen) atoms. The van der Waals surface area contributed by atoms with Crippen LogP contribution in [0.25, 0.3) is 21.9 Å². The average Bonchev–Trinajstić information content (AvgIpc) is 2.73. The van der Waals surface area contributed by atoms with Gasteiger partial charge in [-0.2, -0.15) is 0 Å². The molecular formula is C14H12O5S2. The minimum atomic E-state index is -3.32. The van der Waals surface area contributed by atoms with E-state index in [1.807, 2.05) is 0 Å². The Morgan fingerprint density at radius 2 is 1.29 bits per heavy atom. The topological polar surface area (TPSA) is 81.4 Å². The number of benzene rings is 2. The van der Waals surface area contributed by atoms with Gasteiger partial charge in [0, 0.05) is 29.4 Å². The Hall–Kier alpha value is -1.86. The number of hydrogen-bond donors (Lipinski definition) is 0. The minimum Gasteiger partial charge on any atom is -0.456 e. The Bertz CT molecular complexity index is 1070. The molecule has 0 saturated heterocycles. The van der Waals surface area contributed by atoms with Gasteiger partial charge in [-0.25, -0.2) is 16.8 Å². The highest BCUT2D eigenvalue weighted by molar-refractivity contribution is 7.91. The molecule has 0 amide bonds. The van der Waals surface area contributed by atoms with Gasteiger partial charge >= 0.3 is 0 Å². The summed E-state index contributed by atoms with van der Waals surface area (Å²) < 4.78 is 51.9. The molecule has 2 aromatic carbocycles. The number of hydrogen-bond acceptors (Lipinski definition) is 5. The van der Waals surface area contributed by atoms with Crippen molar-refractivity contribution in [1.29, 1.82) is 0 Å². The lowest BCUT2D eigenvalue weighted by Crippen LogP contribution is -1.96. The standard InChI is InChI=1S/C14H12O5S2/c1-20(15,16)9-4-6-13-12(7-9)11-5-3-10(21(2,17)18)8-14(11)19-13/h3-8H,1-2H3. The van der Waals surface area contributed by atoms with Gasteiger partial charge in [-0.1, -0.05) is 0 Å². The monoisotopic (exact) mass is 324 g/mol. The van der Waals surface area contributed by atoms with Crippen molar-refractivity contribution >= 4 is 41.6 Å². The Balaban J connectivity index is 2.36. The van der Waals surface area contributed by atoms with Crippen LogP contribution in [-0.4, -0.2) is 29.3 Å². The second-order valence-corrected chi connectivity index (χ2v) is 8.99. The van der Waals surface area contributed by atoms with Gasteiger partial charge in [-0.05, 0) is 30.3 Å². The zero-order valence-electron chi connectivity index (χ0n) is 11.3. The first kappa shape index (κ1) is 14.1. The lowest BCUT2D eigenvalue weighted by Gasteiger charge is -1.98. The molecule has 0 unspecified atom stereocenters. The number of fused-ring (bicyclic) bond motifs is 3. The summed E-state index contributed by atoms with van der Waals surface area (Å²) in [4.78, 5) is 0.363. The van der Waals surface area contributed by atoms with E-state index in [-0.39, 0.29) is 9.79 Å². The molecule has 0 N–H and O–H groups in total. The van der Waals surface area contributed by atoms with Crippen LogP contribution < -0.4 is 0 Å². The summed E-state index contributed by atoms with van der Waals surface area (Å²) in [5, 5.41) is 1.33. The first-order chi connectivity index (χ1) is 9.66. The number of furan rings is 1. The van der Waals surface area contributed by atoms with E-state index in [9.17, 15) is 16.8 Å². The van der Waals surface area contributed by atoms with Crippen molar-refractivity contribution in [2.45, 2.75) is 9.79 Å². The van der Waals surface area contributed by atoms with Gasteiger partial charge in [0.25, 0.3) is 0 Å². The quantitative estimate of drug-likeness (QED) is 0.723. The van der Waals surface area contributed by atoms with E-state index in [2.05, 4.69) is 0 Å². The van der Waals surface area contributed by atoms with Crippen molar-refractivity contribution in [2.24, 2.45) is 0 Å². The molecule has 110 valence electrons. The molecule has 0 aliphatic rings. The average molecular weight is 324 g/mol. The predicted octanol–water partition coefficient (Wildman–Crippen LogP) is 2.39. The van der Waals surface area contributed by atoms with E-state index in [4.69, 9.17) is 4.42 Å². The SMILES string of the molecule is CS(=O)(=O)c1ccc2c(c1)oc1ccc(S(C)(=O)=O)cc12. The van der Waals surface area contributed by atoms with Crippen LogP contribution in [0.1, 0.15) is 0 Å². The molecular weight excluding hydrogens is 312 g/mol. The van der Waals surface area contributed by atoms with E-state index >= 15 is 0 Å². The highest BCUT2D eigenvalue weighted by Crippen LogP contribution is 2.31. The second-order valence-electron chi connectivity index (χ2n) is 4.96. The third-order valence-electron chi connectivity index (χ3n) is 3.27. The van der Waals surface area contributed by atoms with Gasteiger partial charge in [0.05, 0.1) is 9.79 Å². The van der Waals surface area contributed by atoms with Gasteiger partial charge in [0.2, 0.25) is 0 Å². The fourth-order valence-electron chi connectivity index (χ4n) is 2.20. The third kappa shape index (κ3) is 2.43. The predicted molar refractivity (Wildman–Crippen MR) is 79.9 cm³/mol. The van der Waals surface area contributed by atoms with Crippen LogP contribution in [-0.2, 0) is 19.7 Å². The van der Waals surface area contributed by atoms with Crippen molar-refractivity contribution < 1.29 is 21.3 Å². The zero-order chi connectivity index (χ0) is 15.4. The second kappa shape index (κ2) is 4.32. The van der Waals surface area contributed by atoms with Crippen LogP contribution in [0.5, 0.6) is 0 Å². The van der Waals surface area contributed by atoms with E-state index in [0.717, 1.165) is 12.5 Å². The number of sulfone groups is 2. The third-order valence-corrected chi connectivity index (χ3v) is 5.49. The summed E-state index contributed by atoms with van der Waals surface area (Å²) in [5.41, 5.74) is 0.932. The molecule has 7 heteroatoms. The lowest BCUT2D eigenvalue weighted by atomic mass is 10.1. The van der Waals surface area contributed by atoms with Crippen molar-refractivity contribution in [3.05, 3.63) is 36.4 Å². The van der Waals surface area contributed by atoms with E-state index in [1.165, 1.54) is 24.3 Å². The zero-order valence-corrected chi connectivity index (χ0v) is 13.0. The van der Waals surface area contributed by atoms with Crippen LogP contribution in [0.4, 0.5) is 0 Å². The Kier molecular flexibility index (Phi) is 2.90. The molecule has 0 aliphatic heterocycles. The normalized spacial score (nSPS) is 13.0. The molecule has 0 atom stereocenters. The molecule has 3 aromatic rings. The fraction of sp³-hybridized carbons (Fsp3) is 0.143. The molecule has 1 aromatic heterocycles. The highest BCUT2D eigenvalue weighted by Gasteiger charge is 2.15. The van der Waals surface area contributed by atoms with Gasteiger partial charge in [-0.3, -0.25) is 0 Å². The maximum absolute atomic E-state index is 11.6. The summed E-state index contributed by atoms with van der Waals surface area (Å²) in [6, 6.07) is 9.15. The Labute approximate surface area is 122 Å². The van der Waals surface area contributed by atoms with Crippen LogP contribution in [0.2, 0.25) is 0 Å². The van der Waals surface area contributed by atoms with Crippen LogP contribution >= 0.6 is 0 Å². The molecule has 0 bridgehead atoms. The van der Waals surface area contributed by atoms with Gasteiger partial charge in [0.15, 0.2) is 19.7 Å². The Morgan fingerprint density at radius 1 is 0.714 bits per heavy atom. The maximum atomic E-state index is 11.6. The van der Waals surface area contributed by atoms with Crippen molar-refractivity contribution in [2.75, 3.05) is 12.5 Å². The van der Waals surface area contributed by atoms with Gasteiger partial charge < -0.3 is 4.42 Å². The largest absolute Gasteiger partial charge is 0.456 e. The fourth-order valence-corrected chi connectivity index (χ4v) is 3.48. The molecule has 1 heterocycles. The lowest BCUT2D eigenvalue weighted by molar-refractivity contribution is 0.599. The van der Waals surface area contributed by atoms with Gasteiger partial charge in [-0.15, -0.1) is 0 Å². The van der Waals surface area contributed by atoms with E-state index in [0.29, 0.717) is 21.9 Å². The smallest absolute Gasteiger partial charge is 0.175 e. The number of rotatable bonds is 2. The Morgan fingerprint density at radius 3 is 1.90 bits per heavy atom. The molecule has 0 aliphatic carbocycles. The van der Waals surface area contributed by atoms with E-state index in [1.54, 1.807) is 12.1 Å². The molecule has 3 rings (SSSR count). The highest BCUT2D eigenvalue weighted by atomic mass is 32.2. The molecule has 0 saturated carbocycles.